The lowest BCUT2D eigenvalue weighted by atomic mass is 10.3. The third kappa shape index (κ3) is 1.56. The van der Waals surface area contributed by atoms with Crippen LogP contribution >= 0.6 is 0 Å². The molecule has 2 aromatic rings. The lowest BCUT2D eigenvalue weighted by molar-refractivity contribution is 0.0696. The van der Waals surface area contributed by atoms with Crippen molar-refractivity contribution in [3.05, 3.63) is 24.2 Å². The van der Waals surface area contributed by atoms with Crippen molar-refractivity contribution in [1.29, 1.82) is 0 Å². The number of hydrogen-bond donors (Lipinski definition) is 1. The SMILES string of the molecule is CC(C)n1cnc2cc(C(=O)O)cnc21. The van der Waals surface area contributed by atoms with Crippen LogP contribution < -0.4 is 0 Å². The molecule has 0 spiro atoms. The number of rotatable bonds is 2. The number of aromatic carboxylic acids is 1. The predicted molar refractivity (Wildman–Crippen MR) is 54.9 cm³/mol. The summed E-state index contributed by atoms with van der Waals surface area (Å²) >= 11 is 0. The van der Waals surface area contributed by atoms with E-state index < -0.39 is 5.97 Å². The number of aromatic nitrogens is 3. The number of fused-ring (bicyclic) bond motifs is 1. The number of carboxylic acids is 1. The molecule has 0 amide bonds. The van der Waals surface area contributed by atoms with Gasteiger partial charge in [-0.2, -0.15) is 0 Å². The van der Waals surface area contributed by atoms with Crippen molar-refractivity contribution >= 4 is 17.1 Å². The summed E-state index contributed by atoms with van der Waals surface area (Å²) in [7, 11) is 0. The van der Waals surface area contributed by atoms with E-state index in [1.807, 2.05) is 18.4 Å². The molecule has 78 valence electrons. The summed E-state index contributed by atoms with van der Waals surface area (Å²) in [4.78, 5) is 18.9. The van der Waals surface area contributed by atoms with Crippen LogP contribution in [-0.2, 0) is 0 Å². The van der Waals surface area contributed by atoms with Crippen molar-refractivity contribution in [2.75, 3.05) is 0 Å². The van der Waals surface area contributed by atoms with Gasteiger partial charge in [0.1, 0.15) is 5.52 Å². The summed E-state index contributed by atoms with van der Waals surface area (Å²) in [5.74, 6) is -0.983. The highest BCUT2D eigenvalue weighted by Gasteiger charge is 2.10. The Balaban J connectivity index is 2.61. The first-order valence-corrected chi connectivity index (χ1v) is 4.65. The molecule has 0 aliphatic carbocycles. The van der Waals surface area contributed by atoms with Crippen LogP contribution in [0, 0.1) is 0 Å². The second-order valence-corrected chi connectivity index (χ2v) is 3.62. The topological polar surface area (TPSA) is 68.0 Å². The number of nitrogens with zero attached hydrogens (tertiary/aromatic N) is 3. The average Bonchev–Trinajstić information content (AvgIpc) is 2.59. The zero-order chi connectivity index (χ0) is 11.0. The first kappa shape index (κ1) is 9.64. The van der Waals surface area contributed by atoms with E-state index in [-0.39, 0.29) is 11.6 Å². The molecule has 2 rings (SSSR count). The quantitative estimate of drug-likeness (QED) is 0.810. The smallest absolute Gasteiger partial charge is 0.337 e. The Hall–Kier alpha value is -1.91. The van der Waals surface area contributed by atoms with Crippen molar-refractivity contribution in [2.24, 2.45) is 0 Å². The molecule has 2 heterocycles. The normalized spacial score (nSPS) is 11.1. The summed E-state index contributed by atoms with van der Waals surface area (Å²) in [5, 5.41) is 8.79. The highest BCUT2D eigenvalue weighted by Crippen LogP contribution is 2.15. The number of carbonyl (C=O) groups is 1. The van der Waals surface area contributed by atoms with Crippen molar-refractivity contribution < 1.29 is 9.90 Å². The van der Waals surface area contributed by atoms with Crippen LogP contribution in [0.4, 0.5) is 0 Å². The Morgan fingerprint density at radius 1 is 1.47 bits per heavy atom. The molecule has 2 aromatic heterocycles. The molecule has 0 radical (unpaired) electrons. The molecule has 1 N–H and O–H groups in total. The summed E-state index contributed by atoms with van der Waals surface area (Å²) in [6, 6.07) is 1.79. The summed E-state index contributed by atoms with van der Waals surface area (Å²) < 4.78 is 1.90. The van der Waals surface area contributed by atoms with Gasteiger partial charge >= 0.3 is 5.97 Å². The molecule has 15 heavy (non-hydrogen) atoms. The van der Waals surface area contributed by atoms with E-state index in [1.165, 1.54) is 12.3 Å². The molecule has 5 heteroatoms. The van der Waals surface area contributed by atoms with E-state index in [9.17, 15) is 4.79 Å². The fourth-order valence-electron chi connectivity index (χ4n) is 1.41. The van der Waals surface area contributed by atoms with Gasteiger partial charge in [0.15, 0.2) is 5.65 Å². The molecule has 0 bridgehead atoms. The van der Waals surface area contributed by atoms with E-state index in [1.54, 1.807) is 6.33 Å². The maximum atomic E-state index is 10.7. The molecule has 0 unspecified atom stereocenters. The van der Waals surface area contributed by atoms with E-state index >= 15 is 0 Å². The number of carboxylic acid groups (broad SMARTS) is 1. The fraction of sp³-hybridized carbons (Fsp3) is 0.300. The largest absolute Gasteiger partial charge is 0.478 e. The zero-order valence-corrected chi connectivity index (χ0v) is 8.51. The van der Waals surface area contributed by atoms with E-state index in [0.29, 0.717) is 5.52 Å². The minimum Gasteiger partial charge on any atom is -0.478 e. The van der Waals surface area contributed by atoms with Crippen molar-refractivity contribution in [3.63, 3.8) is 0 Å². The molecule has 0 aliphatic heterocycles. The Bertz CT molecular complexity index is 516. The lowest BCUT2D eigenvalue weighted by Crippen LogP contribution is -2.01. The van der Waals surface area contributed by atoms with Gasteiger partial charge in [0.05, 0.1) is 11.9 Å². The maximum absolute atomic E-state index is 10.7. The van der Waals surface area contributed by atoms with Crippen LogP contribution in [0.15, 0.2) is 18.6 Å². The second-order valence-electron chi connectivity index (χ2n) is 3.62. The van der Waals surface area contributed by atoms with E-state index in [4.69, 9.17) is 5.11 Å². The first-order chi connectivity index (χ1) is 7.09. The average molecular weight is 205 g/mol. The van der Waals surface area contributed by atoms with E-state index in [2.05, 4.69) is 9.97 Å². The van der Waals surface area contributed by atoms with Crippen LogP contribution in [0.1, 0.15) is 30.2 Å². The highest BCUT2D eigenvalue weighted by atomic mass is 16.4. The minimum atomic E-state index is -0.983. The standard InChI is InChI=1S/C10H11N3O2/c1-6(2)13-5-12-8-3-7(10(14)15)4-11-9(8)13/h3-6H,1-2H3,(H,14,15). The third-order valence-electron chi connectivity index (χ3n) is 2.22. The Kier molecular flexibility index (Phi) is 2.15. The molecular weight excluding hydrogens is 194 g/mol. The monoisotopic (exact) mass is 205 g/mol. The number of hydrogen-bond acceptors (Lipinski definition) is 3. The van der Waals surface area contributed by atoms with Crippen molar-refractivity contribution in [1.82, 2.24) is 14.5 Å². The fourth-order valence-corrected chi connectivity index (χ4v) is 1.41. The van der Waals surface area contributed by atoms with Crippen LogP contribution in [0.25, 0.3) is 11.2 Å². The lowest BCUT2D eigenvalue weighted by Gasteiger charge is -2.06. The van der Waals surface area contributed by atoms with E-state index in [0.717, 1.165) is 5.65 Å². The second kappa shape index (κ2) is 3.34. The van der Waals surface area contributed by atoms with Gasteiger partial charge in [0.25, 0.3) is 0 Å². The van der Waals surface area contributed by atoms with Gasteiger partial charge in [0.2, 0.25) is 0 Å². The molecule has 0 aromatic carbocycles. The summed E-state index contributed by atoms with van der Waals surface area (Å²) in [5.41, 5.74) is 1.50. The van der Waals surface area contributed by atoms with Gasteiger partial charge in [-0.1, -0.05) is 0 Å². The van der Waals surface area contributed by atoms with Gasteiger partial charge in [-0.15, -0.1) is 0 Å². The van der Waals surface area contributed by atoms with Gasteiger partial charge < -0.3 is 9.67 Å². The van der Waals surface area contributed by atoms with Crippen molar-refractivity contribution in [3.8, 4) is 0 Å². The van der Waals surface area contributed by atoms with Gasteiger partial charge in [-0.25, -0.2) is 14.8 Å². The van der Waals surface area contributed by atoms with Crippen LogP contribution in [0.5, 0.6) is 0 Å². The van der Waals surface area contributed by atoms with Crippen LogP contribution in [0.3, 0.4) is 0 Å². The zero-order valence-electron chi connectivity index (χ0n) is 8.51. The Labute approximate surface area is 86.4 Å². The summed E-state index contributed by atoms with van der Waals surface area (Å²) in [6.45, 7) is 4.04. The van der Waals surface area contributed by atoms with Gasteiger partial charge in [-0.05, 0) is 19.9 Å². The number of pyridine rings is 1. The molecular formula is C10H11N3O2. The molecule has 5 nitrogen and oxygen atoms in total. The minimum absolute atomic E-state index is 0.163. The molecule has 0 atom stereocenters. The Morgan fingerprint density at radius 3 is 2.80 bits per heavy atom. The molecule has 0 saturated carbocycles. The third-order valence-corrected chi connectivity index (χ3v) is 2.22. The number of imidazole rings is 1. The van der Waals surface area contributed by atoms with Crippen molar-refractivity contribution in [2.45, 2.75) is 19.9 Å². The summed E-state index contributed by atoms with van der Waals surface area (Å²) in [6.07, 6.45) is 3.03. The highest BCUT2D eigenvalue weighted by molar-refractivity contribution is 5.90. The molecule has 0 fully saturated rings. The first-order valence-electron chi connectivity index (χ1n) is 4.65. The van der Waals surface area contributed by atoms with Gasteiger partial charge in [0, 0.05) is 12.2 Å². The van der Waals surface area contributed by atoms with Crippen LogP contribution in [0.2, 0.25) is 0 Å². The molecule has 0 aliphatic rings. The Morgan fingerprint density at radius 2 is 2.20 bits per heavy atom. The van der Waals surface area contributed by atoms with Gasteiger partial charge in [-0.3, -0.25) is 0 Å². The van der Waals surface area contributed by atoms with Crippen LogP contribution in [-0.4, -0.2) is 25.6 Å². The molecule has 0 saturated heterocycles. The predicted octanol–water partition coefficient (Wildman–Crippen LogP) is 1.71. The maximum Gasteiger partial charge on any atom is 0.337 e.